The lowest BCUT2D eigenvalue weighted by molar-refractivity contribution is -0.135. The van der Waals surface area contributed by atoms with Gasteiger partial charge in [0.25, 0.3) is 5.91 Å². The Balaban J connectivity index is 1.42. The van der Waals surface area contributed by atoms with Gasteiger partial charge in [-0.2, -0.15) is 4.31 Å². The SMILES string of the molecule is CCS(=O)(=O)N1CCCC(N2C(=O)NC3(CCN(Cc4ccccc4)CC3)C2=O)C1. The van der Waals surface area contributed by atoms with E-state index in [-0.39, 0.29) is 24.2 Å². The minimum absolute atomic E-state index is 0.0288. The average molecular weight is 435 g/mol. The van der Waals surface area contributed by atoms with Gasteiger partial charge in [0.15, 0.2) is 0 Å². The third kappa shape index (κ3) is 3.98. The van der Waals surface area contributed by atoms with Crippen LogP contribution >= 0.6 is 0 Å². The quantitative estimate of drug-likeness (QED) is 0.708. The van der Waals surface area contributed by atoms with Gasteiger partial charge in [-0.1, -0.05) is 30.3 Å². The lowest BCUT2D eigenvalue weighted by Gasteiger charge is -2.38. The fourth-order valence-electron chi connectivity index (χ4n) is 4.81. The number of nitrogens with zero attached hydrogens (tertiary/aromatic N) is 3. The number of carbonyl (C=O) groups is 2. The molecule has 164 valence electrons. The smallest absolute Gasteiger partial charge is 0.323 e. The number of piperidine rings is 2. The number of imide groups is 1. The van der Waals surface area contributed by atoms with Gasteiger partial charge < -0.3 is 5.32 Å². The molecule has 8 nitrogen and oxygen atoms in total. The summed E-state index contributed by atoms with van der Waals surface area (Å²) in [6.45, 7) is 4.56. The molecule has 1 aromatic carbocycles. The molecule has 1 unspecified atom stereocenters. The second-order valence-electron chi connectivity index (χ2n) is 8.50. The summed E-state index contributed by atoms with van der Waals surface area (Å²) in [7, 11) is -3.33. The third-order valence-electron chi connectivity index (χ3n) is 6.63. The Morgan fingerprint density at radius 2 is 1.80 bits per heavy atom. The summed E-state index contributed by atoms with van der Waals surface area (Å²) in [5.74, 6) is -0.159. The van der Waals surface area contributed by atoms with Gasteiger partial charge in [0.1, 0.15) is 5.54 Å². The van der Waals surface area contributed by atoms with Crippen molar-refractivity contribution in [1.82, 2.24) is 19.4 Å². The number of sulfonamides is 1. The van der Waals surface area contributed by atoms with E-state index in [2.05, 4.69) is 22.3 Å². The Hall–Kier alpha value is -1.97. The van der Waals surface area contributed by atoms with Crippen molar-refractivity contribution in [3.8, 4) is 0 Å². The number of urea groups is 1. The highest BCUT2D eigenvalue weighted by atomic mass is 32.2. The molecule has 0 saturated carbocycles. The predicted molar refractivity (Wildman–Crippen MR) is 113 cm³/mol. The molecule has 30 heavy (non-hydrogen) atoms. The summed E-state index contributed by atoms with van der Waals surface area (Å²) in [5, 5.41) is 2.96. The van der Waals surface area contributed by atoms with E-state index >= 15 is 0 Å². The van der Waals surface area contributed by atoms with E-state index in [9.17, 15) is 18.0 Å². The van der Waals surface area contributed by atoms with E-state index in [1.165, 1.54) is 14.8 Å². The Bertz CT molecular complexity index is 897. The molecule has 1 N–H and O–H groups in total. The predicted octanol–water partition coefficient (Wildman–Crippen LogP) is 1.39. The van der Waals surface area contributed by atoms with Crippen molar-refractivity contribution < 1.29 is 18.0 Å². The number of hydrogen-bond acceptors (Lipinski definition) is 5. The zero-order chi connectivity index (χ0) is 21.4. The molecule has 0 radical (unpaired) electrons. The Labute approximate surface area is 178 Å². The van der Waals surface area contributed by atoms with Gasteiger partial charge >= 0.3 is 6.03 Å². The lowest BCUT2D eigenvalue weighted by Crippen LogP contribution is -2.56. The van der Waals surface area contributed by atoms with Gasteiger partial charge in [-0.3, -0.25) is 14.6 Å². The van der Waals surface area contributed by atoms with Crippen molar-refractivity contribution in [2.45, 2.75) is 50.7 Å². The largest absolute Gasteiger partial charge is 0.325 e. The summed E-state index contributed by atoms with van der Waals surface area (Å²) < 4.78 is 26.0. The first-order valence-corrected chi connectivity index (χ1v) is 12.4. The maximum atomic E-state index is 13.3. The van der Waals surface area contributed by atoms with E-state index in [1.54, 1.807) is 6.92 Å². The topological polar surface area (TPSA) is 90.0 Å². The zero-order valence-corrected chi connectivity index (χ0v) is 18.2. The molecule has 3 amide bonds. The summed E-state index contributed by atoms with van der Waals surface area (Å²) in [5.41, 5.74) is 0.382. The van der Waals surface area contributed by atoms with E-state index in [0.717, 1.165) is 19.6 Å². The van der Waals surface area contributed by atoms with Crippen LogP contribution in [0.5, 0.6) is 0 Å². The average Bonchev–Trinajstić information content (AvgIpc) is 3.00. The van der Waals surface area contributed by atoms with Crippen molar-refractivity contribution in [1.29, 1.82) is 0 Å². The zero-order valence-electron chi connectivity index (χ0n) is 17.4. The number of amides is 3. The highest BCUT2D eigenvalue weighted by Crippen LogP contribution is 2.33. The van der Waals surface area contributed by atoms with Crippen LogP contribution in [0.25, 0.3) is 0 Å². The summed E-state index contributed by atoms with van der Waals surface area (Å²) in [6.07, 6.45) is 2.44. The number of rotatable bonds is 5. The lowest BCUT2D eigenvalue weighted by atomic mass is 9.87. The number of carbonyl (C=O) groups excluding carboxylic acids is 2. The van der Waals surface area contributed by atoms with Crippen molar-refractivity contribution in [2.75, 3.05) is 31.9 Å². The van der Waals surface area contributed by atoms with Gasteiger partial charge in [-0.15, -0.1) is 0 Å². The maximum Gasteiger partial charge on any atom is 0.325 e. The van der Waals surface area contributed by atoms with Crippen LogP contribution in [0.2, 0.25) is 0 Å². The first-order valence-electron chi connectivity index (χ1n) is 10.7. The van der Waals surface area contributed by atoms with Gasteiger partial charge in [-0.25, -0.2) is 13.2 Å². The molecule has 3 saturated heterocycles. The van der Waals surface area contributed by atoms with E-state index < -0.39 is 21.6 Å². The van der Waals surface area contributed by atoms with Crippen LogP contribution in [0.3, 0.4) is 0 Å². The summed E-state index contributed by atoms with van der Waals surface area (Å²) >= 11 is 0. The summed E-state index contributed by atoms with van der Waals surface area (Å²) in [6, 6.07) is 9.44. The third-order valence-corrected chi connectivity index (χ3v) is 8.48. The van der Waals surface area contributed by atoms with Crippen LogP contribution in [0.15, 0.2) is 30.3 Å². The van der Waals surface area contributed by atoms with E-state index in [0.29, 0.717) is 32.2 Å². The fraction of sp³-hybridized carbons (Fsp3) is 0.619. The summed E-state index contributed by atoms with van der Waals surface area (Å²) in [4.78, 5) is 29.7. The molecule has 1 aromatic rings. The molecular weight excluding hydrogens is 404 g/mol. The van der Waals surface area contributed by atoms with Crippen LogP contribution in [-0.4, -0.2) is 78.0 Å². The van der Waals surface area contributed by atoms with Gasteiger partial charge in [0.2, 0.25) is 10.0 Å². The van der Waals surface area contributed by atoms with Crippen molar-refractivity contribution in [3.05, 3.63) is 35.9 Å². The Kier molecular flexibility index (Phi) is 5.87. The fourth-order valence-corrected chi connectivity index (χ4v) is 5.98. The molecular formula is C21H30N4O4S. The second-order valence-corrected chi connectivity index (χ2v) is 10.8. The first-order chi connectivity index (χ1) is 14.3. The van der Waals surface area contributed by atoms with Gasteiger partial charge in [0, 0.05) is 32.7 Å². The molecule has 3 fully saturated rings. The van der Waals surface area contributed by atoms with Gasteiger partial charge in [-0.05, 0) is 38.2 Å². The Morgan fingerprint density at radius 1 is 1.10 bits per heavy atom. The number of nitrogens with one attached hydrogen (secondary N) is 1. The molecule has 0 aromatic heterocycles. The highest BCUT2D eigenvalue weighted by molar-refractivity contribution is 7.89. The van der Waals surface area contributed by atoms with Crippen LogP contribution in [0.4, 0.5) is 4.79 Å². The molecule has 3 aliphatic rings. The van der Waals surface area contributed by atoms with Crippen LogP contribution in [0.1, 0.15) is 38.2 Å². The van der Waals surface area contributed by atoms with Gasteiger partial charge in [0.05, 0.1) is 11.8 Å². The normalized spacial score (nSPS) is 25.6. The van der Waals surface area contributed by atoms with E-state index in [1.807, 2.05) is 18.2 Å². The van der Waals surface area contributed by atoms with Crippen molar-refractivity contribution >= 4 is 22.0 Å². The second kappa shape index (κ2) is 8.28. The van der Waals surface area contributed by atoms with Crippen LogP contribution in [-0.2, 0) is 21.4 Å². The van der Waals surface area contributed by atoms with Crippen molar-refractivity contribution in [2.24, 2.45) is 0 Å². The maximum absolute atomic E-state index is 13.3. The molecule has 9 heteroatoms. The van der Waals surface area contributed by atoms with E-state index in [4.69, 9.17) is 0 Å². The number of hydrogen-bond donors (Lipinski definition) is 1. The molecule has 0 aliphatic carbocycles. The van der Waals surface area contributed by atoms with Crippen LogP contribution < -0.4 is 5.32 Å². The highest BCUT2D eigenvalue weighted by Gasteiger charge is 2.54. The standard InChI is InChI=1S/C21H30N4O4S/c1-2-30(28,29)24-12-6-9-18(16-24)25-19(26)21(22-20(25)27)10-13-23(14-11-21)15-17-7-4-3-5-8-17/h3-5,7-8,18H,2,6,9-16H2,1H3,(H,22,27). The molecule has 1 atom stereocenters. The number of likely N-dealkylation sites (tertiary alicyclic amines) is 1. The number of benzene rings is 1. The first kappa shape index (κ1) is 21.3. The molecule has 4 rings (SSSR count). The molecule has 1 spiro atoms. The Morgan fingerprint density at radius 3 is 2.47 bits per heavy atom. The van der Waals surface area contributed by atoms with Crippen molar-refractivity contribution in [3.63, 3.8) is 0 Å². The van der Waals surface area contributed by atoms with Crippen LogP contribution in [0, 0.1) is 0 Å². The minimum atomic E-state index is -3.33. The minimum Gasteiger partial charge on any atom is -0.323 e. The molecule has 3 aliphatic heterocycles. The monoisotopic (exact) mass is 434 g/mol. The molecule has 0 bridgehead atoms. The molecule has 3 heterocycles.